The minimum Gasteiger partial charge on any atom is -0.497 e. The number of thiazole rings is 1. The molecule has 1 fully saturated rings. The SMILES string of the molecule is COc1ccc(CCNC(=O)Cc2csc(CN3CCOCC3)n2)cc1. The van der Waals surface area contributed by atoms with Gasteiger partial charge in [-0.15, -0.1) is 11.3 Å². The smallest absolute Gasteiger partial charge is 0.226 e. The number of aromatic nitrogens is 1. The van der Waals surface area contributed by atoms with Gasteiger partial charge in [-0.3, -0.25) is 9.69 Å². The summed E-state index contributed by atoms with van der Waals surface area (Å²) < 4.78 is 10.5. The molecule has 0 bridgehead atoms. The first-order valence-electron chi connectivity index (χ1n) is 8.86. The second-order valence-electron chi connectivity index (χ2n) is 6.25. The number of rotatable bonds is 8. The molecule has 0 unspecified atom stereocenters. The van der Waals surface area contributed by atoms with E-state index in [0.717, 1.165) is 55.7 Å². The number of benzene rings is 1. The van der Waals surface area contributed by atoms with Gasteiger partial charge in [0.15, 0.2) is 0 Å². The van der Waals surface area contributed by atoms with E-state index in [-0.39, 0.29) is 5.91 Å². The number of nitrogens with one attached hydrogen (secondary N) is 1. The predicted molar refractivity (Wildman–Crippen MR) is 102 cm³/mol. The fraction of sp³-hybridized carbons (Fsp3) is 0.474. The van der Waals surface area contributed by atoms with Crippen LogP contribution in [0.2, 0.25) is 0 Å². The molecule has 1 N–H and O–H groups in total. The fourth-order valence-corrected chi connectivity index (χ4v) is 3.65. The summed E-state index contributed by atoms with van der Waals surface area (Å²) in [6, 6.07) is 7.90. The maximum atomic E-state index is 12.1. The van der Waals surface area contributed by atoms with Gasteiger partial charge < -0.3 is 14.8 Å². The van der Waals surface area contributed by atoms with E-state index in [1.807, 2.05) is 29.6 Å². The standard InChI is InChI=1S/C19H25N3O3S/c1-24-17-4-2-15(3-5-17)6-7-20-18(23)12-16-14-26-19(21-16)13-22-8-10-25-11-9-22/h2-5,14H,6-13H2,1H3,(H,20,23). The summed E-state index contributed by atoms with van der Waals surface area (Å²) in [5.41, 5.74) is 2.02. The van der Waals surface area contributed by atoms with E-state index in [9.17, 15) is 4.79 Å². The van der Waals surface area contributed by atoms with Gasteiger partial charge in [0.25, 0.3) is 0 Å². The van der Waals surface area contributed by atoms with Gasteiger partial charge in [0.2, 0.25) is 5.91 Å². The van der Waals surface area contributed by atoms with Crippen LogP contribution in [0.5, 0.6) is 5.75 Å². The Morgan fingerprint density at radius 1 is 1.31 bits per heavy atom. The second-order valence-corrected chi connectivity index (χ2v) is 7.19. The highest BCUT2D eigenvalue weighted by atomic mass is 32.1. The van der Waals surface area contributed by atoms with Crippen molar-refractivity contribution in [3.8, 4) is 5.75 Å². The van der Waals surface area contributed by atoms with Gasteiger partial charge in [-0.25, -0.2) is 4.98 Å². The third-order valence-electron chi connectivity index (χ3n) is 4.30. The lowest BCUT2D eigenvalue weighted by atomic mass is 10.1. The molecule has 140 valence electrons. The summed E-state index contributed by atoms with van der Waals surface area (Å²) in [4.78, 5) is 19.0. The van der Waals surface area contributed by atoms with Gasteiger partial charge in [-0.1, -0.05) is 12.1 Å². The molecule has 1 aromatic heterocycles. The summed E-state index contributed by atoms with van der Waals surface area (Å²) in [6.07, 6.45) is 1.14. The lowest BCUT2D eigenvalue weighted by molar-refractivity contribution is -0.120. The van der Waals surface area contributed by atoms with Gasteiger partial charge >= 0.3 is 0 Å². The Morgan fingerprint density at radius 2 is 2.08 bits per heavy atom. The number of methoxy groups -OCH3 is 1. The van der Waals surface area contributed by atoms with Crippen LogP contribution in [0.25, 0.3) is 0 Å². The first kappa shape index (κ1) is 18.8. The summed E-state index contributed by atoms with van der Waals surface area (Å²) in [5, 5.41) is 6.01. The van der Waals surface area contributed by atoms with E-state index in [2.05, 4.69) is 15.2 Å². The molecule has 0 saturated carbocycles. The molecule has 6 nitrogen and oxygen atoms in total. The number of hydrogen-bond donors (Lipinski definition) is 1. The normalized spacial score (nSPS) is 15.0. The van der Waals surface area contributed by atoms with Crippen molar-refractivity contribution < 1.29 is 14.3 Å². The van der Waals surface area contributed by atoms with Crippen LogP contribution in [0.1, 0.15) is 16.3 Å². The first-order valence-corrected chi connectivity index (χ1v) is 9.74. The van der Waals surface area contributed by atoms with Crippen LogP contribution in [-0.2, 0) is 28.9 Å². The van der Waals surface area contributed by atoms with E-state index >= 15 is 0 Å². The Morgan fingerprint density at radius 3 is 2.81 bits per heavy atom. The van der Waals surface area contributed by atoms with Crippen LogP contribution in [-0.4, -0.2) is 55.7 Å². The third kappa shape index (κ3) is 5.79. The molecule has 0 spiro atoms. The van der Waals surface area contributed by atoms with E-state index < -0.39 is 0 Å². The Labute approximate surface area is 158 Å². The largest absolute Gasteiger partial charge is 0.497 e. The van der Waals surface area contributed by atoms with Gasteiger partial charge in [0, 0.05) is 25.0 Å². The topological polar surface area (TPSA) is 63.7 Å². The Hall–Kier alpha value is -1.96. The number of carbonyl (C=O) groups is 1. The van der Waals surface area contributed by atoms with Gasteiger partial charge in [0.1, 0.15) is 10.8 Å². The molecule has 7 heteroatoms. The molecule has 2 heterocycles. The number of morpholine rings is 1. The van der Waals surface area contributed by atoms with Crippen LogP contribution in [0.3, 0.4) is 0 Å². The van der Waals surface area contributed by atoms with Crippen molar-refractivity contribution in [2.75, 3.05) is 40.0 Å². The lowest BCUT2D eigenvalue weighted by Gasteiger charge is -2.25. The molecule has 2 aromatic rings. The summed E-state index contributed by atoms with van der Waals surface area (Å²) >= 11 is 1.62. The third-order valence-corrected chi connectivity index (χ3v) is 5.18. The molecular formula is C19H25N3O3S. The highest BCUT2D eigenvalue weighted by molar-refractivity contribution is 7.09. The molecule has 1 aliphatic rings. The van der Waals surface area contributed by atoms with Crippen molar-refractivity contribution in [1.82, 2.24) is 15.2 Å². The molecule has 1 saturated heterocycles. The number of carbonyl (C=O) groups excluding carboxylic acids is 1. The Kier molecular flexibility index (Phi) is 6.99. The first-order chi connectivity index (χ1) is 12.7. The molecule has 1 aromatic carbocycles. The maximum Gasteiger partial charge on any atom is 0.226 e. The minimum absolute atomic E-state index is 0.0155. The van der Waals surface area contributed by atoms with Crippen LogP contribution < -0.4 is 10.1 Å². The molecule has 3 rings (SSSR count). The average Bonchev–Trinajstić information content (AvgIpc) is 3.10. The number of hydrogen-bond acceptors (Lipinski definition) is 6. The molecule has 0 radical (unpaired) electrons. The quantitative estimate of drug-likeness (QED) is 0.763. The second kappa shape index (κ2) is 9.66. The number of nitrogens with zero attached hydrogens (tertiary/aromatic N) is 2. The summed E-state index contributed by atoms with van der Waals surface area (Å²) in [6.45, 7) is 4.92. The summed E-state index contributed by atoms with van der Waals surface area (Å²) in [7, 11) is 1.65. The Balaban J connectivity index is 1.38. The van der Waals surface area contributed by atoms with E-state index in [1.165, 1.54) is 5.56 Å². The minimum atomic E-state index is 0.0155. The molecule has 0 aliphatic carbocycles. The van der Waals surface area contributed by atoms with Crippen LogP contribution in [0.4, 0.5) is 0 Å². The molecule has 1 amide bonds. The highest BCUT2D eigenvalue weighted by Gasteiger charge is 2.13. The van der Waals surface area contributed by atoms with Crippen molar-refractivity contribution in [2.45, 2.75) is 19.4 Å². The zero-order valence-electron chi connectivity index (χ0n) is 15.1. The fourth-order valence-electron chi connectivity index (χ4n) is 2.82. The van der Waals surface area contributed by atoms with Crippen LogP contribution in [0.15, 0.2) is 29.6 Å². The highest BCUT2D eigenvalue weighted by Crippen LogP contribution is 2.14. The molecule has 1 aliphatic heterocycles. The van der Waals surface area contributed by atoms with Gasteiger partial charge in [-0.05, 0) is 24.1 Å². The number of amides is 1. The zero-order chi connectivity index (χ0) is 18.2. The van der Waals surface area contributed by atoms with Crippen molar-refractivity contribution in [3.63, 3.8) is 0 Å². The van der Waals surface area contributed by atoms with Crippen molar-refractivity contribution in [1.29, 1.82) is 0 Å². The van der Waals surface area contributed by atoms with E-state index in [1.54, 1.807) is 18.4 Å². The molecule has 0 atom stereocenters. The number of ether oxygens (including phenoxy) is 2. The maximum absolute atomic E-state index is 12.1. The summed E-state index contributed by atoms with van der Waals surface area (Å²) in [5.74, 6) is 0.857. The van der Waals surface area contributed by atoms with Gasteiger partial charge in [0.05, 0.1) is 39.0 Å². The average molecular weight is 375 g/mol. The Bertz CT molecular complexity index is 696. The predicted octanol–water partition coefficient (Wildman–Crippen LogP) is 1.89. The van der Waals surface area contributed by atoms with Crippen molar-refractivity contribution in [2.24, 2.45) is 0 Å². The van der Waals surface area contributed by atoms with Crippen molar-refractivity contribution in [3.05, 3.63) is 45.9 Å². The zero-order valence-corrected chi connectivity index (χ0v) is 15.9. The van der Waals surface area contributed by atoms with E-state index in [0.29, 0.717) is 13.0 Å². The van der Waals surface area contributed by atoms with Crippen molar-refractivity contribution >= 4 is 17.2 Å². The molecular weight excluding hydrogens is 350 g/mol. The van der Waals surface area contributed by atoms with Crippen LogP contribution >= 0.6 is 11.3 Å². The molecule has 26 heavy (non-hydrogen) atoms. The lowest BCUT2D eigenvalue weighted by Crippen LogP contribution is -2.35. The monoisotopic (exact) mass is 375 g/mol. The van der Waals surface area contributed by atoms with Crippen LogP contribution in [0, 0.1) is 0 Å². The van der Waals surface area contributed by atoms with Gasteiger partial charge in [-0.2, -0.15) is 0 Å². The van der Waals surface area contributed by atoms with E-state index in [4.69, 9.17) is 9.47 Å².